The summed E-state index contributed by atoms with van der Waals surface area (Å²) in [5.41, 5.74) is 0. The maximum atomic E-state index is 2.63. The minimum atomic E-state index is 0.753. The minimum absolute atomic E-state index is 0.753. The Morgan fingerprint density at radius 3 is 2.25 bits per heavy atom. The van der Waals surface area contributed by atoms with Crippen molar-refractivity contribution in [2.24, 2.45) is 0 Å². The molecule has 1 spiro atoms. The molecule has 2 aliphatic rings. The third-order valence-electron chi connectivity index (χ3n) is 3.59. The van der Waals surface area contributed by atoms with Gasteiger partial charge in [-0.1, -0.05) is 0 Å². The molecule has 2 heterocycles. The van der Waals surface area contributed by atoms with E-state index >= 15 is 0 Å². The van der Waals surface area contributed by atoms with Crippen LogP contribution in [0, 0.1) is 0 Å². The van der Waals surface area contributed by atoms with Gasteiger partial charge in [-0.3, -0.25) is 0 Å². The molecule has 0 aliphatic carbocycles. The third kappa shape index (κ3) is 1.38. The van der Waals surface area contributed by atoms with E-state index in [1.807, 2.05) is 0 Å². The lowest BCUT2D eigenvalue weighted by Gasteiger charge is -2.29. The second kappa shape index (κ2) is 3.00. The second-order valence-electron chi connectivity index (χ2n) is 4.77. The summed E-state index contributed by atoms with van der Waals surface area (Å²) in [7, 11) is 0. The van der Waals surface area contributed by atoms with Crippen molar-refractivity contribution in [3.05, 3.63) is 0 Å². The van der Waals surface area contributed by atoms with Gasteiger partial charge in [0.1, 0.15) is 6.67 Å². The molecule has 0 atom stereocenters. The molecule has 0 bridgehead atoms. The highest BCUT2D eigenvalue weighted by molar-refractivity contribution is 4.68. The van der Waals surface area contributed by atoms with Crippen molar-refractivity contribution >= 4 is 0 Å². The SMILES string of the molecule is CC(C)N1CC[N+]2(CCCC2)C1. The summed E-state index contributed by atoms with van der Waals surface area (Å²) in [4.78, 5) is 2.63. The van der Waals surface area contributed by atoms with E-state index in [0.717, 1.165) is 6.04 Å². The lowest BCUT2D eigenvalue weighted by atomic mass is 10.3. The quantitative estimate of drug-likeness (QED) is 0.534. The zero-order valence-electron chi connectivity index (χ0n) is 8.42. The minimum Gasteiger partial charge on any atom is -0.310 e. The van der Waals surface area contributed by atoms with Gasteiger partial charge in [0, 0.05) is 18.9 Å². The predicted octanol–water partition coefficient (Wildman–Crippen LogP) is 1.28. The van der Waals surface area contributed by atoms with Crippen molar-refractivity contribution in [1.29, 1.82) is 0 Å². The molecular weight excluding hydrogens is 148 g/mol. The zero-order chi connectivity index (χ0) is 8.60. The molecule has 0 aromatic rings. The fourth-order valence-corrected chi connectivity index (χ4v) is 2.66. The molecule has 0 saturated carbocycles. The first kappa shape index (κ1) is 8.52. The number of hydrogen-bond donors (Lipinski definition) is 0. The van der Waals surface area contributed by atoms with Gasteiger partial charge in [0.15, 0.2) is 0 Å². The summed E-state index contributed by atoms with van der Waals surface area (Å²) >= 11 is 0. The van der Waals surface area contributed by atoms with Gasteiger partial charge in [-0.2, -0.15) is 0 Å². The van der Waals surface area contributed by atoms with Crippen molar-refractivity contribution < 1.29 is 4.48 Å². The van der Waals surface area contributed by atoms with Gasteiger partial charge in [-0.05, 0) is 13.8 Å². The Morgan fingerprint density at radius 1 is 1.08 bits per heavy atom. The highest BCUT2D eigenvalue weighted by Crippen LogP contribution is 2.25. The topological polar surface area (TPSA) is 3.24 Å². The maximum absolute atomic E-state index is 2.63. The van der Waals surface area contributed by atoms with E-state index in [1.54, 1.807) is 0 Å². The molecule has 2 nitrogen and oxygen atoms in total. The Morgan fingerprint density at radius 2 is 1.75 bits per heavy atom. The van der Waals surface area contributed by atoms with Crippen LogP contribution < -0.4 is 0 Å². The zero-order valence-corrected chi connectivity index (χ0v) is 8.42. The van der Waals surface area contributed by atoms with E-state index in [9.17, 15) is 0 Å². The summed E-state index contributed by atoms with van der Waals surface area (Å²) < 4.78 is 1.41. The first-order valence-electron chi connectivity index (χ1n) is 5.31. The van der Waals surface area contributed by atoms with Crippen LogP contribution in [0.1, 0.15) is 26.7 Å². The van der Waals surface area contributed by atoms with Gasteiger partial charge in [0.05, 0.1) is 26.2 Å². The van der Waals surface area contributed by atoms with Crippen LogP contribution in [0.3, 0.4) is 0 Å². The Hall–Kier alpha value is -0.0800. The molecule has 0 amide bonds. The molecule has 12 heavy (non-hydrogen) atoms. The normalized spacial score (nSPS) is 29.2. The van der Waals surface area contributed by atoms with E-state index in [0.29, 0.717) is 0 Å². The van der Waals surface area contributed by atoms with Crippen molar-refractivity contribution in [3.8, 4) is 0 Å². The van der Waals surface area contributed by atoms with E-state index in [4.69, 9.17) is 0 Å². The molecule has 0 N–H and O–H groups in total. The highest BCUT2D eigenvalue weighted by Gasteiger charge is 2.39. The molecule has 0 radical (unpaired) electrons. The van der Waals surface area contributed by atoms with Crippen LogP contribution in [-0.4, -0.2) is 48.3 Å². The van der Waals surface area contributed by atoms with Gasteiger partial charge in [-0.25, -0.2) is 4.90 Å². The Bertz CT molecular complexity index is 159. The Balaban J connectivity index is 1.96. The summed E-state index contributed by atoms with van der Waals surface area (Å²) in [5.74, 6) is 0. The first-order valence-corrected chi connectivity index (χ1v) is 5.31. The lowest BCUT2D eigenvalue weighted by Crippen LogP contribution is -2.45. The van der Waals surface area contributed by atoms with Crippen LogP contribution in [0.15, 0.2) is 0 Å². The smallest absolute Gasteiger partial charge is 0.135 e. The van der Waals surface area contributed by atoms with Crippen LogP contribution in [0.25, 0.3) is 0 Å². The molecule has 0 aromatic heterocycles. The monoisotopic (exact) mass is 169 g/mol. The van der Waals surface area contributed by atoms with Crippen LogP contribution in [0.4, 0.5) is 0 Å². The fourth-order valence-electron chi connectivity index (χ4n) is 2.66. The predicted molar refractivity (Wildman–Crippen MR) is 50.8 cm³/mol. The van der Waals surface area contributed by atoms with Crippen LogP contribution in [-0.2, 0) is 0 Å². The van der Waals surface area contributed by atoms with E-state index in [2.05, 4.69) is 18.7 Å². The Labute approximate surface area is 75.7 Å². The Kier molecular flexibility index (Phi) is 2.13. The molecule has 2 heteroatoms. The van der Waals surface area contributed by atoms with Gasteiger partial charge >= 0.3 is 0 Å². The van der Waals surface area contributed by atoms with E-state index < -0.39 is 0 Å². The van der Waals surface area contributed by atoms with Crippen molar-refractivity contribution in [2.75, 3.05) is 32.8 Å². The van der Waals surface area contributed by atoms with Crippen molar-refractivity contribution in [1.82, 2.24) is 4.90 Å². The molecule has 0 aromatic carbocycles. The highest BCUT2D eigenvalue weighted by atomic mass is 15.5. The standard InChI is InChI=1S/C10H21N2/c1-10(2)11-5-8-12(9-11)6-3-4-7-12/h10H,3-9H2,1-2H3/q+1. The maximum Gasteiger partial charge on any atom is 0.135 e. The molecule has 2 saturated heterocycles. The van der Waals surface area contributed by atoms with Gasteiger partial charge in [0.2, 0.25) is 0 Å². The van der Waals surface area contributed by atoms with E-state index in [1.165, 1.54) is 50.2 Å². The summed E-state index contributed by atoms with van der Waals surface area (Å²) in [6.07, 6.45) is 2.93. The van der Waals surface area contributed by atoms with Gasteiger partial charge < -0.3 is 4.48 Å². The van der Waals surface area contributed by atoms with Crippen molar-refractivity contribution in [2.45, 2.75) is 32.7 Å². The average molecular weight is 169 g/mol. The summed E-state index contributed by atoms with van der Waals surface area (Å²) in [5, 5.41) is 0. The van der Waals surface area contributed by atoms with Gasteiger partial charge in [0.25, 0.3) is 0 Å². The van der Waals surface area contributed by atoms with E-state index in [-0.39, 0.29) is 0 Å². The molecule has 2 aliphatic heterocycles. The number of rotatable bonds is 1. The molecule has 0 unspecified atom stereocenters. The number of quaternary nitrogens is 1. The molecule has 70 valence electrons. The number of hydrogen-bond acceptors (Lipinski definition) is 1. The second-order valence-corrected chi connectivity index (χ2v) is 4.77. The molecule has 2 rings (SSSR count). The van der Waals surface area contributed by atoms with Crippen LogP contribution in [0.5, 0.6) is 0 Å². The van der Waals surface area contributed by atoms with Gasteiger partial charge in [-0.15, -0.1) is 0 Å². The fraction of sp³-hybridized carbons (Fsp3) is 1.00. The summed E-state index contributed by atoms with van der Waals surface area (Å²) in [6, 6.07) is 0.753. The first-order chi connectivity index (χ1) is 5.72. The molecular formula is C10H21N2+. The number of nitrogens with zero attached hydrogens (tertiary/aromatic N) is 2. The van der Waals surface area contributed by atoms with Crippen molar-refractivity contribution in [3.63, 3.8) is 0 Å². The third-order valence-corrected chi connectivity index (χ3v) is 3.59. The lowest BCUT2D eigenvalue weighted by molar-refractivity contribution is -0.909. The van der Waals surface area contributed by atoms with Crippen LogP contribution >= 0.6 is 0 Å². The van der Waals surface area contributed by atoms with Crippen LogP contribution in [0.2, 0.25) is 0 Å². The average Bonchev–Trinajstić information content (AvgIpc) is 2.62. The largest absolute Gasteiger partial charge is 0.310 e. The molecule has 2 fully saturated rings. The summed E-state index contributed by atoms with van der Waals surface area (Å²) in [6.45, 7) is 11.6.